The molecule has 0 radical (unpaired) electrons. The van der Waals surface area contributed by atoms with Gasteiger partial charge < -0.3 is 19.9 Å². The minimum Gasteiger partial charge on any atom is -0.493 e. The Balaban J connectivity index is 1.92. The normalized spacial score (nSPS) is 12.9. The summed E-state index contributed by atoms with van der Waals surface area (Å²) in [6.07, 6.45) is 1.41. The van der Waals surface area contributed by atoms with E-state index in [4.69, 9.17) is 32.7 Å². The molecule has 2 unspecified atom stereocenters. The molecule has 0 saturated heterocycles. The van der Waals surface area contributed by atoms with Crippen molar-refractivity contribution in [2.24, 2.45) is 0 Å². The number of ether oxygens (including phenoxy) is 2. The number of carbonyl (C=O) groups excluding carboxylic acids is 1. The number of methoxy groups -OCH3 is 1. The van der Waals surface area contributed by atoms with Gasteiger partial charge in [-0.3, -0.25) is 4.79 Å². The molecule has 7 heteroatoms. The zero-order chi connectivity index (χ0) is 21.4. The van der Waals surface area contributed by atoms with E-state index >= 15 is 0 Å². The summed E-state index contributed by atoms with van der Waals surface area (Å²) in [6.45, 7) is 4.52. The molecule has 0 aliphatic carbocycles. The molecule has 0 aliphatic rings. The van der Waals surface area contributed by atoms with E-state index in [1.54, 1.807) is 19.2 Å². The van der Waals surface area contributed by atoms with Crippen molar-refractivity contribution in [3.05, 3.63) is 57.6 Å². The number of aliphatic hydroxyl groups excluding tert-OH is 1. The highest BCUT2D eigenvalue weighted by atomic mass is 35.5. The van der Waals surface area contributed by atoms with Gasteiger partial charge in [-0.1, -0.05) is 48.7 Å². The second kappa shape index (κ2) is 11.3. The van der Waals surface area contributed by atoms with E-state index in [1.807, 2.05) is 25.1 Å². The van der Waals surface area contributed by atoms with Gasteiger partial charge in [0.05, 0.1) is 23.3 Å². The number of rotatable bonds is 10. The van der Waals surface area contributed by atoms with Crippen LogP contribution in [0.2, 0.25) is 10.0 Å². The zero-order valence-corrected chi connectivity index (χ0v) is 18.4. The minimum absolute atomic E-state index is 0.113. The van der Waals surface area contributed by atoms with Crippen LogP contribution in [0.25, 0.3) is 0 Å². The first-order valence-corrected chi connectivity index (χ1v) is 10.4. The van der Waals surface area contributed by atoms with E-state index in [-0.39, 0.29) is 6.10 Å². The van der Waals surface area contributed by atoms with Crippen LogP contribution < -0.4 is 14.8 Å². The van der Waals surface area contributed by atoms with Crippen LogP contribution >= 0.6 is 23.2 Å². The maximum atomic E-state index is 12.2. The second-order valence-electron chi connectivity index (χ2n) is 6.82. The summed E-state index contributed by atoms with van der Waals surface area (Å²) in [5, 5.41) is 13.6. The molecule has 2 N–H and O–H groups in total. The average Bonchev–Trinajstić information content (AvgIpc) is 2.70. The molecular formula is C22H27Cl2NO4. The van der Waals surface area contributed by atoms with Crippen molar-refractivity contribution < 1.29 is 19.4 Å². The SMILES string of the molecule is CCCC(C)Oc1ccc(CCNC(=O)C(O)c2ccc(Cl)c(Cl)c2)cc1OC. The first-order valence-electron chi connectivity index (χ1n) is 9.60. The van der Waals surface area contributed by atoms with Gasteiger partial charge in [0.15, 0.2) is 17.6 Å². The summed E-state index contributed by atoms with van der Waals surface area (Å²) in [5.41, 5.74) is 1.38. The van der Waals surface area contributed by atoms with Crippen molar-refractivity contribution in [2.75, 3.05) is 13.7 Å². The van der Waals surface area contributed by atoms with Gasteiger partial charge in [0.25, 0.3) is 5.91 Å². The zero-order valence-electron chi connectivity index (χ0n) is 16.9. The molecule has 0 aromatic heterocycles. The molecule has 29 heavy (non-hydrogen) atoms. The first-order chi connectivity index (χ1) is 13.8. The quantitative estimate of drug-likeness (QED) is 0.548. The molecule has 2 aromatic carbocycles. The molecular weight excluding hydrogens is 413 g/mol. The van der Waals surface area contributed by atoms with Crippen LogP contribution in [0.3, 0.4) is 0 Å². The fourth-order valence-electron chi connectivity index (χ4n) is 2.91. The van der Waals surface area contributed by atoms with Crippen LogP contribution in [0.15, 0.2) is 36.4 Å². The highest BCUT2D eigenvalue weighted by Gasteiger charge is 2.18. The number of carbonyl (C=O) groups is 1. The van der Waals surface area contributed by atoms with Gasteiger partial charge in [0.2, 0.25) is 0 Å². The van der Waals surface area contributed by atoms with E-state index in [2.05, 4.69) is 12.2 Å². The van der Waals surface area contributed by atoms with Crippen molar-refractivity contribution in [1.29, 1.82) is 0 Å². The third-order valence-electron chi connectivity index (χ3n) is 4.47. The summed E-state index contributed by atoms with van der Waals surface area (Å²) < 4.78 is 11.4. The number of benzene rings is 2. The predicted molar refractivity (Wildman–Crippen MR) is 116 cm³/mol. The first kappa shape index (κ1) is 23.3. The number of halogens is 2. The Bertz CT molecular complexity index is 828. The highest BCUT2D eigenvalue weighted by Crippen LogP contribution is 2.30. The van der Waals surface area contributed by atoms with Crippen LogP contribution in [0.5, 0.6) is 11.5 Å². The molecule has 0 heterocycles. The van der Waals surface area contributed by atoms with Gasteiger partial charge in [0, 0.05) is 6.54 Å². The molecule has 0 spiro atoms. The maximum absolute atomic E-state index is 12.2. The topological polar surface area (TPSA) is 67.8 Å². The summed E-state index contributed by atoms with van der Waals surface area (Å²) in [5.74, 6) is 0.868. The smallest absolute Gasteiger partial charge is 0.253 e. The fourth-order valence-corrected chi connectivity index (χ4v) is 3.21. The van der Waals surface area contributed by atoms with Crippen molar-refractivity contribution in [1.82, 2.24) is 5.32 Å². The molecule has 5 nitrogen and oxygen atoms in total. The highest BCUT2D eigenvalue weighted by molar-refractivity contribution is 6.42. The monoisotopic (exact) mass is 439 g/mol. The molecule has 2 atom stereocenters. The van der Waals surface area contributed by atoms with E-state index in [0.29, 0.717) is 40.1 Å². The van der Waals surface area contributed by atoms with Crippen molar-refractivity contribution in [3.8, 4) is 11.5 Å². The van der Waals surface area contributed by atoms with Crippen molar-refractivity contribution in [3.63, 3.8) is 0 Å². The fraction of sp³-hybridized carbons (Fsp3) is 0.409. The molecule has 2 rings (SSSR count). The molecule has 0 aliphatic heterocycles. The van der Waals surface area contributed by atoms with E-state index in [1.165, 1.54) is 6.07 Å². The molecule has 1 amide bonds. The predicted octanol–water partition coefficient (Wildman–Crippen LogP) is 4.96. The van der Waals surface area contributed by atoms with E-state index < -0.39 is 12.0 Å². The Morgan fingerprint density at radius 2 is 1.90 bits per heavy atom. The molecule has 0 fully saturated rings. The standard InChI is InChI=1S/C22H27Cl2NO4/c1-4-5-14(2)29-19-9-6-15(12-20(19)28-3)10-11-25-22(27)21(26)16-7-8-17(23)18(24)13-16/h6-9,12-14,21,26H,4-5,10-11H2,1-3H3,(H,25,27). The number of nitrogens with one attached hydrogen (secondary N) is 1. The largest absolute Gasteiger partial charge is 0.493 e. The van der Waals surface area contributed by atoms with Gasteiger partial charge in [-0.15, -0.1) is 0 Å². The third-order valence-corrected chi connectivity index (χ3v) is 5.21. The van der Waals surface area contributed by atoms with Crippen LogP contribution in [0.1, 0.15) is 43.9 Å². The van der Waals surface area contributed by atoms with Crippen molar-refractivity contribution >= 4 is 29.1 Å². The molecule has 2 aromatic rings. The molecule has 0 saturated carbocycles. The van der Waals surface area contributed by atoms with Crippen LogP contribution in [0, 0.1) is 0 Å². The lowest BCUT2D eigenvalue weighted by molar-refractivity contribution is -0.129. The maximum Gasteiger partial charge on any atom is 0.253 e. The van der Waals surface area contributed by atoms with Crippen LogP contribution in [-0.2, 0) is 11.2 Å². The lowest BCUT2D eigenvalue weighted by atomic mass is 10.1. The Kier molecular flexibility index (Phi) is 9.08. The third kappa shape index (κ3) is 6.81. The van der Waals surface area contributed by atoms with Gasteiger partial charge in [-0.25, -0.2) is 0 Å². The number of aliphatic hydroxyl groups is 1. The van der Waals surface area contributed by atoms with Gasteiger partial charge in [-0.05, 0) is 55.2 Å². The minimum atomic E-state index is -1.31. The van der Waals surface area contributed by atoms with Crippen LogP contribution in [0.4, 0.5) is 0 Å². The second-order valence-corrected chi connectivity index (χ2v) is 7.63. The summed E-state index contributed by atoms with van der Waals surface area (Å²) in [7, 11) is 1.60. The van der Waals surface area contributed by atoms with Gasteiger partial charge in [0.1, 0.15) is 0 Å². The lowest BCUT2D eigenvalue weighted by Gasteiger charge is -2.17. The summed E-state index contributed by atoms with van der Waals surface area (Å²) in [4.78, 5) is 12.2. The molecule has 0 bridgehead atoms. The Morgan fingerprint density at radius 1 is 1.14 bits per heavy atom. The Labute approximate surface area is 181 Å². The summed E-state index contributed by atoms with van der Waals surface area (Å²) >= 11 is 11.8. The number of amides is 1. The van der Waals surface area contributed by atoms with E-state index in [9.17, 15) is 9.90 Å². The van der Waals surface area contributed by atoms with Gasteiger partial charge >= 0.3 is 0 Å². The Hall–Kier alpha value is -1.95. The molecule has 158 valence electrons. The summed E-state index contributed by atoms with van der Waals surface area (Å²) in [6, 6.07) is 10.3. The lowest BCUT2D eigenvalue weighted by Crippen LogP contribution is -2.31. The van der Waals surface area contributed by atoms with Crippen LogP contribution in [-0.4, -0.2) is 30.8 Å². The Morgan fingerprint density at radius 3 is 2.55 bits per heavy atom. The van der Waals surface area contributed by atoms with E-state index in [0.717, 1.165) is 18.4 Å². The van der Waals surface area contributed by atoms with Gasteiger partial charge in [-0.2, -0.15) is 0 Å². The van der Waals surface area contributed by atoms with Crippen molar-refractivity contribution in [2.45, 2.75) is 45.3 Å². The number of hydrogen-bond donors (Lipinski definition) is 2. The average molecular weight is 440 g/mol. The number of hydrogen-bond acceptors (Lipinski definition) is 4.